The molecule has 2 aromatic rings. The van der Waals surface area contributed by atoms with E-state index in [1.807, 2.05) is 31.2 Å². The number of para-hydroxylation sites is 1. The number of hydrogen-bond donors (Lipinski definition) is 1. The Kier molecular flexibility index (Phi) is 4.79. The van der Waals surface area contributed by atoms with Gasteiger partial charge in [0.05, 0.1) is 18.7 Å². The van der Waals surface area contributed by atoms with Crippen molar-refractivity contribution in [3.63, 3.8) is 0 Å². The van der Waals surface area contributed by atoms with E-state index in [1.165, 1.54) is 18.6 Å². The Balaban J connectivity index is 1.96. The van der Waals surface area contributed by atoms with Gasteiger partial charge in [-0.05, 0) is 19.1 Å². The first-order valence-corrected chi connectivity index (χ1v) is 7.66. The maximum absolute atomic E-state index is 5.83. The Morgan fingerprint density at radius 1 is 1.39 bits per heavy atom. The molecule has 120 valence electrons. The van der Waals surface area contributed by atoms with Crippen LogP contribution in [-0.2, 0) is 9.68 Å². The lowest BCUT2D eigenvalue weighted by molar-refractivity contribution is 0.0836. The fourth-order valence-electron chi connectivity index (χ4n) is 1.95. The molecule has 0 spiro atoms. The second kappa shape index (κ2) is 7.16. The number of rotatable bonds is 5. The van der Waals surface area contributed by atoms with Crippen LogP contribution >= 0.6 is 11.5 Å². The van der Waals surface area contributed by atoms with Crippen molar-refractivity contribution in [3.05, 3.63) is 35.7 Å². The normalized spacial score (nSPS) is 14.9. The van der Waals surface area contributed by atoms with Crippen molar-refractivity contribution >= 4 is 23.1 Å². The Hall–Kier alpha value is -2.52. The van der Waals surface area contributed by atoms with E-state index in [0.717, 1.165) is 0 Å². The lowest BCUT2D eigenvalue weighted by atomic mass is 10.1. The van der Waals surface area contributed by atoms with Gasteiger partial charge in [0, 0.05) is 11.5 Å². The maximum Gasteiger partial charge on any atom is 0.298 e. The summed E-state index contributed by atoms with van der Waals surface area (Å²) in [6.07, 6.45) is 0. The van der Waals surface area contributed by atoms with Gasteiger partial charge < -0.3 is 9.57 Å². The molecule has 1 aliphatic rings. The van der Waals surface area contributed by atoms with E-state index in [1.54, 1.807) is 0 Å². The van der Waals surface area contributed by atoms with E-state index in [2.05, 4.69) is 25.0 Å². The van der Waals surface area contributed by atoms with Gasteiger partial charge in [-0.2, -0.15) is 9.36 Å². The Morgan fingerprint density at radius 2 is 2.26 bits per heavy atom. The van der Waals surface area contributed by atoms with Gasteiger partial charge in [0.25, 0.3) is 5.19 Å². The molecular formula is C14H15N5O3S. The Morgan fingerprint density at radius 3 is 2.96 bits per heavy atom. The minimum Gasteiger partial charge on any atom is -0.429 e. The van der Waals surface area contributed by atoms with E-state index >= 15 is 0 Å². The minimum atomic E-state index is 0.460. The molecule has 0 radical (unpaired) electrons. The summed E-state index contributed by atoms with van der Waals surface area (Å²) in [5, 5.41) is 4.52. The van der Waals surface area contributed by atoms with Crippen LogP contribution in [0.25, 0.3) is 0 Å². The highest BCUT2D eigenvalue weighted by molar-refractivity contribution is 7.07. The van der Waals surface area contributed by atoms with Crippen molar-refractivity contribution in [3.8, 4) is 10.9 Å². The van der Waals surface area contributed by atoms with Crippen molar-refractivity contribution < 1.29 is 14.4 Å². The largest absolute Gasteiger partial charge is 0.429 e. The Bertz CT molecular complexity index is 744. The summed E-state index contributed by atoms with van der Waals surface area (Å²) in [5.74, 6) is 1.73. The summed E-state index contributed by atoms with van der Waals surface area (Å²) in [6, 6.07) is 7.42. The molecule has 1 aromatic carbocycles. The van der Waals surface area contributed by atoms with Crippen molar-refractivity contribution in [2.75, 3.05) is 20.3 Å². The highest BCUT2D eigenvalue weighted by atomic mass is 32.1. The summed E-state index contributed by atoms with van der Waals surface area (Å²) >= 11 is 1.19. The molecule has 1 aliphatic heterocycles. The van der Waals surface area contributed by atoms with Crippen LogP contribution in [0.4, 0.5) is 0 Å². The predicted molar refractivity (Wildman–Crippen MR) is 86.1 cm³/mol. The number of nitrogens with zero attached hydrogens (tertiary/aromatic N) is 4. The topological polar surface area (TPSA) is 90.2 Å². The second-order valence-electron chi connectivity index (χ2n) is 4.51. The molecule has 0 fully saturated rings. The van der Waals surface area contributed by atoms with E-state index in [-0.39, 0.29) is 0 Å². The summed E-state index contributed by atoms with van der Waals surface area (Å²) in [7, 11) is 1.47. The number of benzene rings is 1. The number of aromatic nitrogens is 2. The fraction of sp³-hybridized carbons (Fsp3) is 0.286. The average Bonchev–Trinajstić information content (AvgIpc) is 2.99. The van der Waals surface area contributed by atoms with E-state index in [0.29, 0.717) is 47.0 Å². The summed E-state index contributed by atoms with van der Waals surface area (Å²) in [5.41, 5.74) is 3.95. The van der Waals surface area contributed by atoms with Crippen LogP contribution in [0.1, 0.15) is 11.4 Å². The molecule has 9 heteroatoms. The predicted octanol–water partition coefficient (Wildman–Crippen LogP) is 1.92. The minimum absolute atomic E-state index is 0.460. The van der Waals surface area contributed by atoms with Crippen LogP contribution in [0, 0.1) is 6.92 Å². The highest BCUT2D eigenvalue weighted by Gasteiger charge is 2.20. The Labute approximate surface area is 136 Å². The number of ether oxygens (including phenoxy) is 1. The second-order valence-corrected chi connectivity index (χ2v) is 5.22. The number of aliphatic imine (C=N–C) groups is 1. The molecule has 0 unspecified atom stereocenters. The smallest absolute Gasteiger partial charge is 0.298 e. The highest BCUT2D eigenvalue weighted by Crippen LogP contribution is 2.27. The third-order valence-corrected chi connectivity index (χ3v) is 3.57. The lowest BCUT2D eigenvalue weighted by Gasteiger charge is -2.17. The van der Waals surface area contributed by atoms with Gasteiger partial charge in [-0.15, -0.1) is 0 Å². The SMILES string of the molecule is CO/N=C(/C1=NCCON1)c1ccccc1Oc1nc(C)ns1. The van der Waals surface area contributed by atoms with E-state index < -0.39 is 0 Å². The van der Waals surface area contributed by atoms with Gasteiger partial charge in [0.1, 0.15) is 18.7 Å². The van der Waals surface area contributed by atoms with E-state index in [4.69, 9.17) is 14.4 Å². The number of oxime groups is 1. The lowest BCUT2D eigenvalue weighted by Crippen LogP contribution is -2.37. The van der Waals surface area contributed by atoms with Crippen molar-refractivity contribution in [1.82, 2.24) is 14.8 Å². The van der Waals surface area contributed by atoms with Crippen molar-refractivity contribution in [1.29, 1.82) is 0 Å². The molecule has 1 N–H and O–H groups in total. The van der Waals surface area contributed by atoms with Gasteiger partial charge in [0.15, 0.2) is 11.5 Å². The number of hydroxylamine groups is 1. The quantitative estimate of drug-likeness (QED) is 0.664. The van der Waals surface area contributed by atoms with Crippen molar-refractivity contribution in [2.45, 2.75) is 6.92 Å². The molecule has 0 bridgehead atoms. The monoisotopic (exact) mass is 333 g/mol. The van der Waals surface area contributed by atoms with Gasteiger partial charge in [0.2, 0.25) is 0 Å². The molecule has 0 atom stereocenters. The molecule has 0 saturated heterocycles. The molecule has 23 heavy (non-hydrogen) atoms. The molecular weight excluding hydrogens is 318 g/mol. The number of amidine groups is 1. The molecule has 1 aromatic heterocycles. The van der Waals surface area contributed by atoms with Crippen LogP contribution < -0.4 is 10.2 Å². The van der Waals surface area contributed by atoms with Crippen LogP contribution in [0.15, 0.2) is 34.4 Å². The van der Waals surface area contributed by atoms with Gasteiger partial charge >= 0.3 is 0 Å². The average molecular weight is 333 g/mol. The number of nitrogens with one attached hydrogen (secondary N) is 1. The zero-order valence-electron chi connectivity index (χ0n) is 12.6. The third-order valence-electron chi connectivity index (χ3n) is 2.89. The first-order valence-electron chi connectivity index (χ1n) is 6.89. The van der Waals surface area contributed by atoms with E-state index in [9.17, 15) is 0 Å². The molecule has 0 saturated carbocycles. The first kappa shape index (κ1) is 15.4. The van der Waals surface area contributed by atoms with Gasteiger partial charge in [-0.25, -0.2) is 5.48 Å². The molecule has 0 amide bonds. The fourth-order valence-corrected chi connectivity index (χ4v) is 2.51. The maximum atomic E-state index is 5.83. The summed E-state index contributed by atoms with van der Waals surface area (Å²) in [6.45, 7) is 2.86. The number of aryl methyl sites for hydroxylation is 1. The van der Waals surface area contributed by atoms with Gasteiger partial charge in [-0.3, -0.25) is 9.83 Å². The standard InChI is InChI=1S/C14H15N5O3S/c1-9-16-14(23-19-9)22-11-6-4-3-5-10(11)12(17-20-2)13-15-7-8-21-18-13/h3-6H,7-8H2,1-2H3,(H,15,18)/b17-12+. The first-order chi connectivity index (χ1) is 11.3. The zero-order valence-corrected chi connectivity index (χ0v) is 13.5. The third kappa shape index (κ3) is 3.63. The van der Waals surface area contributed by atoms with Crippen molar-refractivity contribution in [2.24, 2.45) is 10.1 Å². The number of hydrogen-bond acceptors (Lipinski definition) is 9. The van der Waals surface area contributed by atoms with Gasteiger partial charge in [-0.1, -0.05) is 17.3 Å². The summed E-state index contributed by atoms with van der Waals surface area (Å²) in [4.78, 5) is 18.7. The zero-order chi connectivity index (χ0) is 16.1. The molecule has 2 heterocycles. The molecule has 8 nitrogen and oxygen atoms in total. The van der Waals surface area contributed by atoms with Crippen LogP contribution in [0.5, 0.6) is 10.9 Å². The van der Waals surface area contributed by atoms with Crippen LogP contribution in [0.3, 0.4) is 0 Å². The molecule has 0 aliphatic carbocycles. The van der Waals surface area contributed by atoms with Crippen LogP contribution in [-0.4, -0.2) is 41.2 Å². The molecule has 3 rings (SSSR count). The van der Waals surface area contributed by atoms with Crippen LogP contribution in [0.2, 0.25) is 0 Å². The summed E-state index contributed by atoms with van der Waals surface area (Å²) < 4.78 is 9.94.